The molecule has 100 valence electrons. The van der Waals surface area contributed by atoms with Crippen LogP contribution in [0, 0.1) is 12.7 Å². The molecule has 0 fully saturated rings. The highest BCUT2D eigenvalue weighted by atomic mass is 19.1. The second-order valence-electron chi connectivity index (χ2n) is 4.76. The number of halogens is 1. The van der Waals surface area contributed by atoms with E-state index in [0.29, 0.717) is 0 Å². The van der Waals surface area contributed by atoms with Crippen LogP contribution in [0.3, 0.4) is 0 Å². The predicted octanol–water partition coefficient (Wildman–Crippen LogP) is 3.42. The largest absolute Gasteiger partial charge is 0.313 e. The second kappa shape index (κ2) is 6.43. The number of nitrogens with one attached hydrogen (secondary N) is 1. The third kappa shape index (κ3) is 3.86. The first kappa shape index (κ1) is 13.7. The summed E-state index contributed by atoms with van der Waals surface area (Å²) < 4.78 is 13.4. The maximum atomic E-state index is 13.4. The first-order valence-corrected chi connectivity index (χ1v) is 6.53. The fourth-order valence-corrected chi connectivity index (χ4v) is 2.28. The lowest BCUT2D eigenvalue weighted by Crippen LogP contribution is -2.17. The van der Waals surface area contributed by atoms with Crippen LogP contribution in [-0.4, -0.2) is 12.0 Å². The van der Waals surface area contributed by atoms with E-state index >= 15 is 0 Å². The number of hydrogen-bond donors (Lipinski definition) is 1. The Hall–Kier alpha value is -1.74. The molecule has 0 aliphatic carbocycles. The van der Waals surface area contributed by atoms with Crippen LogP contribution in [0.1, 0.15) is 29.3 Å². The summed E-state index contributed by atoms with van der Waals surface area (Å²) in [5.41, 5.74) is 3.01. The Balaban J connectivity index is 2.07. The molecule has 1 unspecified atom stereocenters. The lowest BCUT2D eigenvalue weighted by Gasteiger charge is -2.17. The van der Waals surface area contributed by atoms with E-state index in [9.17, 15) is 4.39 Å². The molecule has 0 bridgehead atoms. The SMILES string of the molecule is CNC(CCc1ccccn1)c1cc(C)cc(F)c1. The third-order valence-electron chi connectivity index (χ3n) is 3.23. The number of nitrogens with zero attached hydrogens (tertiary/aromatic N) is 1. The van der Waals surface area contributed by atoms with Gasteiger partial charge in [-0.1, -0.05) is 12.1 Å². The predicted molar refractivity (Wildman–Crippen MR) is 75.5 cm³/mol. The number of hydrogen-bond acceptors (Lipinski definition) is 2. The van der Waals surface area contributed by atoms with Gasteiger partial charge in [0.05, 0.1) is 0 Å². The van der Waals surface area contributed by atoms with Crippen LogP contribution in [0.25, 0.3) is 0 Å². The van der Waals surface area contributed by atoms with Crippen molar-refractivity contribution in [3.05, 3.63) is 65.2 Å². The molecule has 0 aliphatic heterocycles. The summed E-state index contributed by atoms with van der Waals surface area (Å²) in [6.07, 6.45) is 3.58. The van der Waals surface area contributed by atoms with Crippen LogP contribution in [0.4, 0.5) is 4.39 Å². The van der Waals surface area contributed by atoms with Gasteiger partial charge in [-0.25, -0.2) is 4.39 Å². The van der Waals surface area contributed by atoms with E-state index in [-0.39, 0.29) is 11.9 Å². The monoisotopic (exact) mass is 258 g/mol. The van der Waals surface area contributed by atoms with Gasteiger partial charge in [-0.3, -0.25) is 4.98 Å². The smallest absolute Gasteiger partial charge is 0.123 e. The van der Waals surface area contributed by atoms with Gasteiger partial charge in [-0.15, -0.1) is 0 Å². The minimum absolute atomic E-state index is 0.149. The van der Waals surface area contributed by atoms with Crippen LogP contribution >= 0.6 is 0 Å². The van der Waals surface area contributed by atoms with Gasteiger partial charge in [0, 0.05) is 17.9 Å². The fourth-order valence-electron chi connectivity index (χ4n) is 2.28. The number of rotatable bonds is 5. The van der Waals surface area contributed by atoms with Crippen LogP contribution in [-0.2, 0) is 6.42 Å². The van der Waals surface area contributed by atoms with Gasteiger partial charge < -0.3 is 5.32 Å². The van der Waals surface area contributed by atoms with Gasteiger partial charge in [-0.2, -0.15) is 0 Å². The molecule has 1 atom stereocenters. The Morgan fingerprint density at radius 1 is 1.26 bits per heavy atom. The van der Waals surface area contributed by atoms with Crippen LogP contribution < -0.4 is 5.32 Å². The Bertz CT molecular complexity index is 505. The van der Waals surface area contributed by atoms with Gasteiger partial charge in [0.25, 0.3) is 0 Å². The highest BCUT2D eigenvalue weighted by Crippen LogP contribution is 2.20. The average molecular weight is 258 g/mol. The Kier molecular flexibility index (Phi) is 4.63. The fraction of sp³-hybridized carbons (Fsp3) is 0.312. The van der Waals surface area contributed by atoms with Crippen molar-refractivity contribution in [1.82, 2.24) is 10.3 Å². The molecule has 19 heavy (non-hydrogen) atoms. The van der Waals surface area contributed by atoms with E-state index < -0.39 is 0 Å². The molecule has 1 heterocycles. The summed E-state index contributed by atoms with van der Waals surface area (Å²) in [7, 11) is 1.91. The van der Waals surface area contributed by atoms with E-state index in [4.69, 9.17) is 0 Å². The van der Waals surface area contributed by atoms with Crippen molar-refractivity contribution < 1.29 is 4.39 Å². The van der Waals surface area contributed by atoms with Crippen molar-refractivity contribution in [2.75, 3.05) is 7.05 Å². The molecule has 0 saturated heterocycles. The Labute approximate surface area is 113 Å². The number of benzene rings is 1. The first-order chi connectivity index (χ1) is 9.19. The van der Waals surface area contributed by atoms with Gasteiger partial charge in [-0.05, 0) is 62.2 Å². The lowest BCUT2D eigenvalue weighted by atomic mass is 9.99. The molecule has 1 aromatic heterocycles. The second-order valence-corrected chi connectivity index (χ2v) is 4.76. The Morgan fingerprint density at radius 3 is 2.74 bits per heavy atom. The quantitative estimate of drug-likeness (QED) is 0.888. The lowest BCUT2D eigenvalue weighted by molar-refractivity contribution is 0.538. The molecule has 2 nitrogen and oxygen atoms in total. The molecule has 0 saturated carbocycles. The normalized spacial score (nSPS) is 12.4. The van der Waals surface area contributed by atoms with Crippen LogP contribution in [0.5, 0.6) is 0 Å². The zero-order chi connectivity index (χ0) is 13.7. The maximum Gasteiger partial charge on any atom is 0.123 e. The van der Waals surface area contributed by atoms with Gasteiger partial charge in [0.2, 0.25) is 0 Å². The van der Waals surface area contributed by atoms with E-state index in [0.717, 1.165) is 29.7 Å². The molecule has 2 aromatic rings. The highest BCUT2D eigenvalue weighted by Gasteiger charge is 2.11. The van der Waals surface area contributed by atoms with Gasteiger partial charge in [0.1, 0.15) is 5.82 Å². The van der Waals surface area contributed by atoms with E-state index in [2.05, 4.69) is 10.3 Å². The van der Waals surface area contributed by atoms with Crippen molar-refractivity contribution in [3.63, 3.8) is 0 Å². The van der Waals surface area contributed by atoms with Crippen molar-refractivity contribution in [3.8, 4) is 0 Å². The molecule has 0 amide bonds. The van der Waals surface area contributed by atoms with Crippen molar-refractivity contribution in [2.45, 2.75) is 25.8 Å². The summed E-state index contributed by atoms with van der Waals surface area (Å²) in [5.74, 6) is -0.173. The molecule has 1 N–H and O–H groups in total. The number of aryl methyl sites for hydroxylation is 2. The molecule has 0 aliphatic rings. The first-order valence-electron chi connectivity index (χ1n) is 6.53. The standard InChI is InChI=1S/C16H19FN2/c1-12-9-13(11-14(17)10-12)16(18-2)7-6-15-5-3-4-8-19-15/h3-5,8-11,16,18H,6-7H2,1-2H3. The summed E-state index contributed by atoms with van der Waals surface area (Å²) in [4.78, 5) is 4.31. The van der Waals surface area contributed by atoms with Crippen molar-refractivity contribution in [2.24, 2.45) is 0 Å². The van der Waals surface area contributed by atoms with E-state index in [1.54, 1.807) is 18.3 Å². The Morgan fingerprint density at radius 2 is 2.11 bits per heavy atom. The van der Waals surface area contributed by atoms with Crippen molar-refractivity contribution >= 4 is 0 Å². The van der Waals surface area contributed by atoms with Crippen LogP contribution in [0.15, 0.2) is 42.6 Å². The molecule has 0 spiro atoms. The molecule has 0 radical (unpaired) electrons. The van der Waals surface area contributed by atoms with Gasteiger partial charge >= 0.3 is 0 Å². The summed E-state index contributed by atoms with van der Waals surface area (Å²) in [5, 5.41) is 3.25. The average Bonchev–Trinajstić information content (AvgIpc) is 2.39. The summed E-state index contributed by atoms with van der Waals surface area (Å²) in [6.45, 7) is 1.91. The third-order valence-corrected chi connectivity index (χ3v) is 3.23. The summed E-state index contributed by atoms with van der Waals surface area (Å²) >= 11 is 0. The minimum Gasteiger partial charge on any atom is -0.313 e. The van der Waals surface area contributed by atoms with Crippen molar-refractivity contribution in [1.29, 1.82) is 0 Å². The topological polar surface area (TPSA) is 24.9 Å². The molecular formula is C16H19FN2. The maximum absolute atomic E-state index is 13.4. The minimum atomic E-state index is -0.173. The summed E-state index contributed by atoms with van der Waals surface area (Å²) in [6, 6.07) is 11.3. The van der Waals surface area contributed by atoms with Crippen LogP contribution in [0.2, 0.25) is 0 Å². The number of aromatic nitrogens is 1. The van der Waals surface area contributed by atoms with E-state index in [1.807, 2.05) is 38.2 Å². The van der Waals surface area contributed by atoms with Gasteiger partial charge in [0.15, 0.2) is 0 Å². The number of pyridine rings is 1. The van der Waals surface area contributed by atoms with E-state index in [1.165, 1.54) is 0 Å². The zero-order valence-electron chi connectivity index (χ0n) is 11.4. The highest BCUT2D eigenvalue weighted by molar-refractivity contribution is 5.26. The molecule has 1 aromatic carbocycles. The molecule has 2 rings (SSSR count). The molecule has 3 heteroatoms. The molecular weight excluding hydrogens is 239 g/mol. The zero-order valence-corrected chi connectivity index (χ0v) is 11.4.